The number of nitrogens with one attached hydrogen (secondary N) is 1. The monoisotopic (exact) mass is 471 g/mol. The highest BCUT2D eigenvalue weighted by molar-refractivity contribution is 7.17. The van der Waals surface area contributed by atoms with Gasteiger partial charge in [0.25, 0.3) is 5.91 Å². The summed E-state index contributed by atoms with van der Waals surface area (Å²) in [5.74, 6) is 0.943. The molecule has 2 saturated heterocycles. The van der Waals surface area contributed by atoms with E-state index in [2.05, 4.69) is 22.1 Å². The van der Waals surface area contributed by atoms with Gasteiger partial charge < -0.3 is 10.2 Å². The second kappa shape index (κ2) is 9.66. The van der Waals surface area contributed by atoms with Crippen molar-refractivity contribution in [3.8, 4) is 0 Å². The van der Waals surface area contributed by atoms with Gasteiger partial charge in [0.15, 0.2) is 5.13 Å². The molecule has 5 rings (SSSR count). The van der Waals surface area contributed by atoms with Gasteiger partial charge in [-0.05, 0) is 70.0 Å². The highest BCUT2D eigenvalue weighted by atomic mass is 32.1. The molecule has 2 aliphatic heterocycles. The van der Waals surface area contributed by atoms with Crippen LogP contribution in [-0.2, 0) is 0 Å². The summed E-state index contributed by atoms with van der Waals surface area (Å²) in [6, 6.07) is 3.29. The number of nitrogens with zero attached hydrogens (tertiary/aromatic N) is 4. The molecule has 1 N–H and O–H groups in total. The van der Waals surface area contributed by atoms with Crippen LogP contribution < -0.4 is 5.32 Å². The van der Waals surface area contributed by atoms with E-state index in [1.54, 1.807) is 12.3 Å². The molecule has 1 aliphatic carbocycles. The van der Waals surface area contributed by atoms with Crippen LogP contribution in [0.2, 0.25) is 0 Å². The van der Waals surface area contributed by atoms with Gasteiger partial charge in [0.05, 0.1) is 17.4 Å². The summed E-state index contributed by atoms with van der Waals surface area (Å²) in [5.41, 5.74) is 1.29. The fourth-order valence-corrected chi connectivity index (χ4v) is 6.39. The average Bonchev–Trinajstić information content (AvgIpc) is 3.59. The molecule has 2 atom stereocenters. The number of hydrogen-bond acceptors (Lipinski definition) is 6. The maximum Gasteiger partial charge on any atom is 0.265 e. The van der Waals surface area contributed by atoms with E-state index in [1.165, 1.54) is 43.3 Å². The smallest absolute Gasteiger partial charge is 0.265 e. The van der Waals surface area contributed by atoms with E-state index >= 15 is 0 Å². The van der Waals surface area contributed by atoms with E-state index in [4.69, 9.17) is 4.98 Å². The second-order valence-electron chi connectivity index (χ2n) is 10.0. The summed E-state index contributed by atoms with van der Waals surface area (Å²) in [4.78, 5) is 27.9. The zero-order valence-electron chi connectivity index (χ0n) is 19.6. The first-order chi connectivity index (χ1) is 16.0. The average molecular weight is 472 g/mol. The fourth-order valence-electron chi connectivity index (χ4n) is 5.29. The van der Waals surface area contributed by atoms with E-state index < -0.39 is 0 Å². The minimum atomic E-state index is -0.334. The second-order valence-corrected chi connectivity index (χ2v) is 11.0. The van der Waals surface area contributed by atoms with Crippen LogP contribution in [0.3, 0.4) is 0 Å². The number of carbonyl (C=O) groups is 1. The fraction of sp³-hybridized carbons (Fsp3) is 0.640. The first-order valence-electron chi connectivity index (χ1n) is 12.4. The minimum Gasteiger partial charge on any atom is -0.353 e. The highest BCUT2D eigenvalue weighted by Gasteiger charge is 2.36. The van der Waals surface area contributed by atoms with Crippen molar-refractivity contribution < 1.29 is 9.18 Å². The van der Waals surface area contributed by atoms with E-state index in [9.17, 15) is 9.18 Å². The number of likely N-dealkylation sites (tertiary alicyclic amines) is 2. The van der Waals surface area contributed by atoms with Gasteiger partial charge in [-0.15, -0.1) is 0 Å². The van der Waals surface area contributed by atoms with Crippen molar-refractivity contribution in [2.45, 2.75) is 70.4 Å². The predicted molar refractivity (Wildman–Crippen MR) is 129 cm³/mol. The van der Waals surface area contributed by atoms with Crippen LogP contribution in [0.15, 0.2) is 18.3 Å². The van der Waals surface area contributed by atoms with Crippen LogP contribution in [0.4, 0.5) is 9.52 Å². The maximum atomic E-state index is 14.1. The molecule has 4 heterocycles. The molecule has 2 aromatic rings. The summed E-state index contributed by atoms with van der Waals surface area (Å²) in [6.07, 6.45) is 8.51. The molecule has 8 heteroatoms. The molecule has 0 aromatic carbocycles. The minimum absolute atomic E-state index is 0.115. The van der Waals surface area contributed by atoms with Gasteiger partial charge in [-0.25, -0.2) is 9.37 Å². The highest BCUT2D eigenvalue weighted by Crippen LogP contribution is 2.44. The Hall–Kier alpha value is -2.06. The van der Waals surface area contributed by atoms with Gasteiger partial charge in [0.1, 0.15) is 10.7 Å². The Labute approximate surface area is 199 Å². The summed E-state index contributed by atoms with van der Waals surface area (Å²) in [5, 5.41) is 3.96. The van der Waals surface area contributed by atoms with Crippen LogP contribution in [0.25, 0.3) is 0 Å². The molecule has 1 unspecified atom stereocenters. The van der Waals surface area contributed by atoms with Gasteiger partial charge in [0, 0.05) is 37.8 Å². The quantitative estimate of drug-likeness (QED) is 0.638. The number of rotatable bonds is 6. The van der Waals surface area contributed by atoms with Crippen molar-refractivity contribution in [2.75, 3.05) is 31.5 Å². The van der Waals surface area contributed by atoms with Crippen LogP contribution in [0, 0.1) is 11.7 Å². The van der Waals surface area contributed by atoms with Crippen molar-refractivity contribution in [2.24, 2.45) is 5.92 Å². The molecule has 33 heavy (non-hydrogen) atoms. The molecule has 6 nitrogen and oxygen atoms in total. The SMILES string of the molecule is CC(Nc1nc(C2CC2)c(C(=O)N2CCC(N3CCC[C@@H](C)C3)CC2)s1)c1ncccc1F. The van der Waals surface area contributed by atoms with E-state index in [1.807, 2.05) is 11.8 Å². The number of pyridine rings is 1. The molecule has 0 radical (unpaired) electrons. The Balaban J connectivity index is 1.26. The predicted octanol–water partition coefficient (Wildman–Crippen LogP) is 5.06. The molecule has 178 valence electrons. The van der Waals surface area contributed by atoms with Crippen LogP contribution in [0.5, 0.6) is 0 Å². The third-order valence-corrected chi connectivity index (χ3v) is 8.30. The molecule has 0 bridgehead atoms. The van der Waals surface area contributed by atoms with Crippen LogP contribution in [0.1, 0.15) is 85.4 Å². The molecule has 3 fully saturated rings. The normalized spacial score (nSPS) is 23.5. The Morgan fingerprint density at radius 1 is 1.21 bits per heavy atom. The number of piperidine rings is 2. The third-order valence-electron chi connectivity index (χ3n) is 7.31. The lowest BCUT2D eigenvalue weighted by Crippen LogP contribution is -2.49. The summed E-state index contributed by atoms with van der Waals surface area (Å²) < 4.78 is 14.1. The number of halogens is 1. The number of carbonyl (C=O) groups excluding carboxylic acids is 1. The Bertz CT molecular complexity index is 985. The van der Waals surface area contributed by atoms with Gasteiger partial charge >= 0.3 is 0 Å². The van der Waals surface area contributed by atoms with Crippen LogP contribution in [-0.4, -0.2) is 57.9 Å². The first-order valence-corrected chi connectivity index (χ1v) is 13.2. The Kier molecular flexibility index (Phi) is 6.65. The van der Waals surface area contributed by atoms with E-state index in [0.29, 0.717) is 22.8 Å². The summed E-state index contributed by atoms with van der Waals surface area (Å²) >= 11 is 1.41. The molecule has 0 spiro atoms. The Morgan fingerprint density at radius 2 is 2.00 bits per heavy atom. The number of thiazole rings is 1. The van der Waals surface area contributed by atoms with Gasteiger partial charge in [-0.1, -0.05) is 18.3 Å². The van der Waals surface area contributed by atoms with E-state index in [-0.39, 0.29) is 17.8 Å². The number of aromatic nitrogens is 2. The standard InChI is InChI=1S/C25H34FN5OS/c1-16-5-4-12-31(15-16)19-9-13-30(14-10-19)24(32)23-22(18-7-8-18)29-25(33-23)28-17(2)21-20(26)6-3-11-27-21/h3,6,11,16-19H,4-5,7-10,12-15H2,1-2H3,(H,28,29)/t16-,17?/m1/s1. The lowest BCUT2D eigenvalue weighted by molar-refractivity contribution is 0.0544. The first kappa shape index (κ1) is 22.7. The topological polar surface area (TPSA) is 61.4 Å². The summed E-state index contributed by atoms with van der Waals surface area (Å²) in [7, 11) is 0. The lowest BCUT2D eigenvalue weighted by Gasteiger charge is -2.41. The zero-order chi connectivity index (χ0) is 22.9. The summed E-state index contributed by atoms with van der Waals surface area (Å²) in [6.45, 7) is 8.25. The third kappa shape index (κ3) is 5.06. The van der Waals surface area contributed by atoms with Crippen LogP contribution >= 0.6 is 11.3 Å². The van der Waals surface area contributed by atoms with Crippen molar-refractivity contribution in [3.63, 3.8) is 0 Å². The van der Waals surface area contributed by atoms with Crippen molar-refractivity contribution in [1.29, 1.82) is 0 Å². The van der Waals surface area contributed by atoms with Gasteiger partial charge in [0.2, 0.25) is 0 Å². The van der Waals surface area contributed by atoms with Crippen molar-refractivity contribution >= 4 is 22.4 Å². The molecule has 3 aliphatic rings. The van der Waals surface area contributed by atoms with Gasteiger partial charge in [-0.2, -0.15) is 0 Å². The van der Waals surface area contributed by atoms with Gasteiger partial charge in [-0.3, -0.25) is 14.7 Å². The lowest BCUT2D eigenvalue weighted by atomic mass is 9.95. The molecule has 2 aromatic heterocycles. The maximum absolute atomic E-state index is 14.1. The number of anilines is 1. The molecular weight excluding hydrogens is 437 g/mol. The number of amides is 1. The van der Waals surface area contributed by atoms with E-state index in [0.717, 1.165) is 55.3 Å². The zero-order valence-corrected chi connectivity index (χ0v) is 20.4. The van der Waals surface area contributed by atoms with Crippen molar-refractivity contribution in [1.82, 2.24) is 19.8 Å². The molecule has 1 saturated carbocycles. The number of hydrogen-bond donors (Lipinski definition) is 1. The van der Waals surface area contributed by atoms with Crippen molar-refractivity contribution in [3.05, 3.63) is 40.4 Å². The molecular formula is C25H34FN5OS. The molecule has 1 amide bonds. The Morgan fingerprint density at radius 3 is 2.70 bits per heavy atom. The largest absolute Gasteiger partial charge is 0.353 e.